The lowest BCUT2D eigenvalue weighted by atomic mass is 10.1. The Kier molecular flexibility index (Phi) is 7.86. The summed E-state index contributed by atoms with van der Waals surface area (Å²) in [6.07, 6.45) is 0.278. The summed E-state index contributed by atoms with van der Waals surface area (Å²) >= 11 is 3.60. The molecule has 38 heavy (non-hydrogen) atoms. The minimum Gasteiger partial charge on any atom is -0.507 e. The van der Waals surface area contributed by atoms with E-state index >= 15 is 0 Å². The highest BCUT2D eigenvalue weighted by molar-refractivity contribution is 9.10. The van der Waals surface area contributed by atoms with Gasteiger partial charge in [-0.15, -0.1) is 0 Å². The Morgan fingerprint density at radius 2 is 0.763 bits per heavy atom. The Morgan fingerprint density at radius 1 is 0.500 bits per heavy atom. The van der Waals surface area contributed by atoms with Crippen molar-refractivity contribution in [2.24, 2.45) is 0 Å². The molecule has 5 aromatic carbocycles. The van der Waals surface area contributed by atoms with Crippen LogP contribution in [0.2, 0.25) is 0 Å². The smallest absolute Gasteiger partial charge is 0.147 e. The van der Waals surface area contributed by atoms with E-state index in [9.17, 15) is 14.2 Å². The molecule has 190 valence electrons. The number of benzene rings is 5. The van der Waals surface area contributed by atoms with Gasteiger partial charge in [-0.3, -0.25) is 0 Å². The van der Waals surface area contributed by atoms with Crippen molar-refractivity contribution in [3.05, 3.63) is 149 Å². The lowest BCUT2D eigenvalue weighted by Crippen LogP contribution is -2.18. The molecular weight excluding hydrogens is 574 g/mol. The van der Waals surface area contributed by atoms with Crippen LogP contribution in [-0.4, -0.2) is 5.11 Å². The van der Waals surface area contributed by atoms with Crippen molar-refractivity contribution >= 4 is 51.4 Å². The Bertz CT molecular complexity index is 1420. The van der Waals surface area contributed by atoms with E-state index in [1.807, 2.05) is 133 Å². The number of rotatable bonds is 8. The normalized spacial score (nSPS) is 11.8. The Morgan fingerprint density at radius 3 is 1.03 bits per heavy atom. The molecule has 1 N–H and O–H groups in total. The van der Waals surface area contributed by atoms with Crippen molar-refractivity contribution in [1.29, 1.82) is 0 Å². The second-order valence-electron chi connectivity index (χ2n) is 9.21. The second-order valence-corrected chi connectivity index (χ2v) is 15.8. The van der Waals surface area contributed by atoms with Crippen LogP contribution in [0.25, 0.3) is 0 Å². The van der Waals surface area contributed by atoms with Gasteiger partial charge in [-0.1, -0.05) is 137 Å². The minimum absolute atomic E-state index is 0.0346. The van der Waals surface area contributed by atoms with E-state index < -0.39 is 14.3 Å². The Hall–Kier alpha value is -3.16. The lowest BCUT2D eigenvalue weighted by molar-refractivity contribution is 0.464. The number of phenolic OH excluding ortho intramolecular Hbond substituents is 1. The predicted molar refractivity (Wildman–Crippen MR) is 163 cm³/mol. The van der Waals surface area contributed by atoms with Crippen LogP contribution in [0.1, 0.15) is 11.1 Å². The molecule has 0 amide bonds. The maximum Gasteiger partial charge on any atom is 0.147 e. The molecule has 0 atom stereocenters. The quantitative estimate of drug-likeness (QED) is 0.192. The first kappa shape index (κ1) is 26.4. The molecule has 0 aromatic heterocycles. The van der Waals surface area contributed by atoms with Gasteiger partial charge in [0.2, 0.25) is 0 Å². The molecule has 0 fully saturated rings. The maximum atomic E-state index is 14.7. The zero-order chi connectivity index (χ0) is 26.6. The summed E-state index contributed by atoms with van der Waals surface area (Å²) in [6, 6.07) is 41.3. The first-order valence-electron chi connectivity index (χ1n) is 12.3. The molecule has 5 aromatic rings. The lowest BCUT2D eigenvalue weighted by Gasteiger charge is -2.23. The van der Waals surface area contributed by atoms with Gasteiger partial charge in [0, 0.05) is 49.1 Å². The highest BCUT2D eigenvalue weighted by atomic mass is 79.9. The minimum atomic E-state index is -3.13. The fourth-order valence-corrected chi connectivity index (χ4v) is 10.7. The fraction of sp³-hybridized carbons (Fsp3) is 0.0625. The van der Waals surface area contributed by atoms with Crippen molar-refractivity contribution in [3.63, 3.8) is 0 Å². The number of hydrogen-bond acceptors (Lipinski definition) is 3. The van der Waals surface area contributed by atoms with E-state index in [1.165, 1.54) is 0 Å². The SMILES string of the molecule is O=P(Cc1cc(Br)cc(CP(=O)(c2ccccc2)c2ccccc2)c1O)(c1ccccc1)c1ccccc1. The van der Waals surface area contributed by atoms with Crippen molar-refractivity contribution in [2.45, 2.75) is 12.3 Å². The summed E-state index contributed by atoms with van der Waals surface area (Å²) in [5.74, 6) is 0.0346. The van der Waals surface area contributed by atoms with Crippen LogP contribution in [0.4, 0.5) is 0 Å². The van der Waals surface area contributed by atoms with Gasteiger partial charge in [0.15, 0.2) is 0 Å². The molecule has 0 radical (unpaired) electrons. The van der Waals surface area contributed by atoms with Gasteiger partial charge < -0.3 is 14.2 Å². The molecule has 3 nitrogen and oxygen atoms in total. The monoisotopic (exact) mass is 600 g/mol. The molecule has 0 bridgehead atoms. The van der Waals surface area contributed by atoms with Crippen molar-refractivity contribution in [1.82, 2.24) is 0 Å². The van der Waals surface area contributed by atoms with Crippen LogP contribution in [0.5, 0.6) is 5.75 Å². The van der Waals surface area contributed by atoms with E-state index in [-0.39, 0.29) is 18.1 Å². The molecule has 0 aliphatic heterocycles. The molecule has 5 rings (SSSR count). The van der Waals surface area contributed by atoms with Gasteiger partial charge >= 0.3 is 0 Å². The third kappa shape index (κ3) is 5.36. The van der Waals surface area contributed by atoms with Crippen LogP contribution in [0.3, 0.4) is 0 Å². The predicted octanol–water partition coefficient (Wildman–Crippen LogP) is 7.18. The second kappa shape index (κ2) is 11.3. The third-order valence-corrected chi connectivity index (χ3v) is 13.3. The topological polar surface area (TPSA) is 54.4 Å². The van der Waals surface area contributed by atoms with Crippen molar-refractivity contribution < 1.29 is 14.2 Å². The standard InChI is InChI=1S/C32H27BrO3P2/c33-27-21-25(23-37(35,28-13-5-1-6-14-28)29-15-7-2-8-16-29)32(34)26(22-27)24-38(36,30-17-9-3-10-18-30)31-19-11-4-12-20-31/h1-22,34H,23-24H2. The zero-order valence-electron chi connectivity index (χ0n) is 20.7. The highest BCUT2D eigenvalue weighted by Crippen LogP contribution is 2.52. The van der Waals surface area contributed by atoms with Crippen LogP contribution in [0, 0.1) is 0 Å². The molecular formula is C32H27BrO3P2. The van der Waals surface area contributed by atoms with Crippen LogP contribution in [0.15, 0.2) is 138 Å². The van der Waals surface area contributed by atoms with Crippen LogP contribution in [-0.2, 0) is 21.5 Å². The molecule has 0 heterocycles. The first-order valence-corrected chi connectivity index (χ1v) is 16.9. The number of aromatic hydroxyl groups is 1. The Labute approximate surface area is 232 Å². The van der Waals surface area contributed by atoms with E-state index in [2.05, 4.69) is 15.9 Å². The van der Waals surface area contributed by atoms with E-state index in [4.69, 9.17) is 0 Å². The summed E-state index contributed by atoms with van der Waals surface area (Å²) in [7, 11) is -6.26. The van der Waals surface area contributed by atoms with Crippen LogP contribution < -0.4 is 21.2 Å². The third-order valence-electron chi connectivity index (χ3n) is 6.71. The van der Waals surface area contributed by atoms with Gasteiger partial charge in [0.1, 0.15) is 20.0 Å². The zero-order valence-corrected chi connectivity index (χ0v) is 24.0. The first-order chi connectivity index (χ1) is 18.4. The van der Waals surface area contributed by atoms with Gasteiger partial charge in [0.25, 0.3) is 0 Å². The fourth-order valence-electron chi connectivity index (χ4n) is 4.78. The summed E-state index contributed by atoms with van der Waals surface area (Å²) in [6.45, 7) is 0. The van der Waals surface area contributed by atoms with E-state index in [0.29, 0.717) is 11.1 Å². The number of phenols is 1. The Balaban J connectivity index is 1.61. The van der Waals surface area contributed by atoms with E-state index in [0.717, 1.165) is 25.7 Å². The van der Waals surface area contributed by atoms with Gasteiger partial charge in [0.05, 0.1) is 0 Å². The largest absolute Gasteiger partial charge is 0.507 e. The summed E-state index contributed by atoms with van der Waals surface area (Å²) in [5, 5.41) is 14.5. The number of hydrogen-bond donors (Lipinski definition) is 1. The van der Waals surface area contributed by atoms with E-state index in [1.54, 1.807) is 0 Å². The van der Waals surface area contributed by atoms with Gasteiger partial charge in [-0.05, 0) is 12.1 Å². The average Bonchev–Trinajstić information content (AvgIpc) is 2.97. The summed E-state index contributed by atoms with van der Waals surface area (Å²) < 4.78 is 30.2. The molecule has 0 spiro atoms. The van der Waals surface area contributed by atoms with Gasteiger partial charge in [-0.25, -0.2) is 0 Å². The molecule has 0 unspecified atom stereocenters. The average molecular weight is 601 g/mol. The molecule has 6 heteroatoms. The molecule has 0 aliphatic carbocycles. The molecule has 0 saturated heterocycles. The molecule has 0 saturated carbocycles. The highest BCUT2D eigenvalue weighted by Gasteiger charge is 2.32. The molecule has 0 aliphatic rings. The summed E-state index contributed by atoms with van der Waals surface area (Å²) in [5.41, 5.74) is 1.11. The van der Waals surface area contributed by atoms with Gasteiger partial charge in [-0.2, -0.15) is 0 Å². The van der Waals surface area contributed by atoms with Crippen molar-refractivity contribution in [2.75, 3.05) is 0 Å². The number of halogens is 1. The van der Waals surface area contributed by atoms with Crippen LogP contribution >= 0.6 is 30.2 Å². The van der Waals surface area contributed by atoms with Crippen molar-refractivity contribution in [3.8, 4) is 5.75 Å². The maximum absolute atomic E-state index is 14.7. The summed E-state index contributed by atoms with van der Waals surface area (Å²) in [4.78, 5) is 0.